The van der Waals surface area contributed by atoms with E-state index in [1.54, 1.807) is 6.92 Å². The lowest BCUT2D eigenvalue weighted by Gasteiger charge is -2.27. The van der Waals surface area contributed by atoms with Gasteiger partial charge in [-0.05, 0) is 30.2 Å². The highest BCUT2D eigenvalue weighted by atomic mass is 19.1. The number of anilines is 1. The molecule has 0 radical (unpaired) electrons. The Morgan fingerprint density at radius 1 is 1.29 bits per heavy atom. The minimum absolute atomic E-state index is 0.0512. The highest BCUT2D eigenvalue weighted by molar-refractivity contribution is 5.84. The first kappa shape index (κ1) is 23.1. The number of imidazole rings is 1. The van der Waals surface area contributed by atoms with Crippen molar-refractivity contribution in [2.24, 2.45) is 0 Å². The third-order valence-corrected chi connectivity index (χ3v) is 6.36. The summed E-state index contributed by atoms with van der Waals surface area (Å²) in [5.74, 6) is -0.443. The molecule has 3 N–H and O–H groups in total. The molecule has 0 amide bonds. The van der Waals surface area contributed by atoms with Gasteiger partial charge in [0, 0.05) is 12.8 Å². The Hall–Kier alpha value is -3.63. The number of aryl methyl sites for hydroxylation is 1. The standard InChI is InChI=1S/C25H26FN5O4/c1-14-29-21(27)20-22(30-14)31(13-28-20)23-19(26)10-18(35-23)12-34-25(2,24(32)33)11-15-7-8-16-5-3-4-6-17(16)9-15/h3-9,13,18-19,23H,10-12H2,1-2H3,(H,32,33)(H2,27,29,30). The van der Waals surface area contributed by atoms with Crippen molar-refractivity contribution in [3.05, 3.63) is 60.2 Å². The van der Waals surface area contributed by atoms with Crippen molar-refractivity contribution in [2.45, 2.75) is 50.8 Å². The normalized spacial score (nSPS) is 22.0. The molecule has 35 heavy (non-hydrogen) atoms. The number of carboxylic acid groups (broad SMARTS) is 1. The smallest absolute Gasteiger partial charge is 0.336 e. The number of aromatic nitrogens is 4. The molecule has 3 heterocycles. The largest absolute Gasteiger partial charge is 0.479 e. The molecule has 4 atom stereocenters. The van der Waals surface area contributed by atoms with Crippen LogP contribution in [0.2, 0.25) is 0 Å². The molecule has 1 saturated heterocycles. The molecule has 0 bridgehead atoms. The predicted octanol–water partition coefficient (Wildman–Crippen LogP) is 3.60. The summed E-state index contributed by atoms with van der Waals surface area (Å²) in [7, 11) is 0. The van der Waals surface area contributed by atoms with Crippen LogP contribution in [0, 0.1) is 6.92 Å². The van der Waals surface area contributed by atoms with Crippen molar-refractivity contribution in [3.63, 3.8) is 0 Å². The van der Waals surface area contributed by atoms with Gasteiger partial charge in [-0.1, -0.05) is 42.5 Å². The predicted molar refractivity (Wildman–Crippen MR) is 128 cm³/mol. The van der Waals surface area contributed by atoms with Gasteiger partial charge in [-0.3, -0.25) is 4.57 Å². The number of nitrogens with two attached hydrogens (primary N) is 1. The number of halogens is 1. The Morgan fingerprint density at radius 2 is 2.06 bits per heavy atom. The second-order valence-corrected chi connectivity index (χ2v) is 9.09. The fraction of sp³-hybridized carbons (Fsp3) is 0.360. The van der Waals surface area contributed by atoms with Crippen LogP contribution in [0.15, 0.2) is 48.8 Å². The minimum atomic E-state index is -1.50. The zero-order valence-corrected chi connectivity index (χ0v) is 19.4. The van der Waals surface area contributed by atoms with Gasteiger partial charge in [0.2, 0.25) is 0 Å². The van der Waals surface area contributed by atoms with Gasteiger partial charge in [-0.2, -0.15) is 0 Å². The summed E-state index contributed by atoms with van der Waals surface area (Å²) in [5, 5.41) is 12.0. The molecular weight excluding hydrogens is 453 g/mol. The van der Waals surface area contributed by atoms with Crippen molar-refractivity contribution in [1.82, 2.24) is 19.5 Å². The Balaban J connectivity index is 1.30. The third kappa shape index (κ3) is 4.42. The van der Waals surface area contributed by atoms with Crippen molar-refractivity contribution in [1.29, 1.82) is 0 Å². The van der Waals surface area contributed by atoms with E-state index in [0.29, 0.717) is 17.0 Å². The lowest BCUT2D eigenvalue weighted by atomic mass is 9.94. The van der Waals surface area contributed by atoms with Gasteiger partial charge in [0.1, 0.15) is 17.5 Å². The lowest BCUT2D eigenvalue weighted by Crippen LogP contribution is -2.42. The summed E-state index contributed by atoms with van der Waals surface area (Å²) in [4.78, 5) is 24.8. The topological polar surface area (TPSA) is 125 Å². The van der Waals surface area contributed by atoms with E-state index in [0.717, 1.165) is 16.3 Å². The molecule has 1 aliphatic rings. The van der Waals surface area contributed by atoms with E-state index in [-0.39, 0.29) is 25.3 Å². The van der Waals surface area contributed by atoms with Crippen LogP contribution in [-0.2, 0) is 20.7 Å². The summed E-state index contributed by atoms with van der Waals surface area (Å²) < 4.78 is 28.3. The molecule has 5 rings (SSSR count). The lowest BCUT2D eigenvalue weighted by molar-refractivity contribution is -0.169. The number of carboxylic acids is 1. The number of rotatable bonds is 7. The number of hydrogen-bond acceptors (Lipinski definition) is 7. The van der Waals surface area contributed by atoms with Crippen LogP contribution < -0.4 is 5.73 Å². The maximum absolute atomic E-state index is 15.0. The molecule has 2 aromatic carbocycles. The molecule has 4 aromatic rings. The summed E-state index contributed by atoms with van der Waals surface area (Å²) in [5.41, 5.74) is 6.00. The van der Waals surface area contributed by atoms with Crippen LogP contribution in [0.5, 0.6) is 0 Å². The molecule has 1 aliphatic heterocycles. The van der Waals surface area contributed by atoms with E-state index in [4.69, 9.17) is 15.2 Å². The van der Waals surface area contributed by atoms with Crippen LogP contribution >= 0.6 is 0 Å². The second kappa shape index (κ2) is 8.86. The average molecular weight is 480 g/mol. The number of fused-ring (bicyclic) bond motifs is 2. The van der Waals surface area contributed by atoms with Crippen molar-refractivity contribution in [2.75, 3.05) is 12.3 Å². The average Bonchev–Trinajstić information content (AvgIpc) is 3.40. The Labute approximate surface area is 200 Å². The summed E-state index contributed by atoms with van der Waals surface area (Å²) in [6, 6.07) is 13.7. The molecule has 9 nitrogen and oxygen atoms in total. The number of aliphatic carboxylic acids is 1. The van der Waals surface area contributed by atoms with Crippen molar-refractivity contribution >= 4 is 33.7 Å². The SMILES string of the molecule is Cc1nc(N)c2ncn(C3OC(COC(C)(Cc4ccc5ccccc5c4)C(=O)O)CC3F)c2n1. The molecule has 10 heteroatoms. The first-order valence-corrected chi connectivity index (χ1v) is 11.3. The second-order valence-electron chi connectivity index (χ2n) is 9.09. The van der Waals surface area contributed by atoms with Crippen LogP contribution in [0.3, 0.4) is 0 Å². The first-order chi connectivity index (χ1) is 16.7. The quantitative estimate of drug-likeness (QED) is 0.412. The highest BCUT2D eigenvalue weighted by Crippen LogP contribution is 2.35. The van der Waals surface area contributed by atoms with Crippen LogP contribution in [0.25, 0.3) is 21.9 Å². The number of nitrogens with zero attached hydrogens (tertiary/aromatic N) is 4. The maximum Gasteiger partial charge on any atom is 0.336 e. The molecule has 0 spiro atoms. The van der Waals surface area contributed by atoms with E-state index < -0.39 is 30.1 Å². The zero-order valence-electron chi connectivity index (χ0n) is 19.4. The summed E-state index contributed by atoms with van der Waals surface area (Å²) in [6.07, 6.45) is -1.33. The van der Waals surface area contributed by atoms with E-state index in [9.17, 15) is 14.3 Å². The molecular formula is C25H26FN5O4. The molecule has 2 aromatic heterocycles. The zero-order chi connectivity index (χ0) is 24.7. The van der Waals surface area contributed by atoms with Crippen molar-refractivity contribution in [3.8, 4) is 0 Å². The fourth-order valence-corrected chi connectivity index (χ4v) is 4.49. The fourth-order valence-electron chi connectivity index (χ4n) is 4.49. The number of nitrogen functional groups attached to an aromatic ring is 1. The van der Waals surface area contributed by atoms with E-state index in [2.05, 4.69) is 15.0 Å². The maximum atomic E-state index is 15.0. The monoisotopic (exact) mass is 479 g/mol. The Morgan fingerprint density at radius 3 is 2.83 bits per heavy atom. The van der Waals surface area contributed by atoms with E-state index in [1.807, 2.05) is 42.5 Å². The Kier molecular flexibility index (Phi) is 5.86. The van der Waals surface area contributed by atoms with Gasteiger partial charge in [-0.15, -0.1) is 0 Å². The Bertz CT molecular complexity index is 1410. The summed E-state index contributed by atoms with van der Waals surface area (Å²) in [6.45, 7) is 3.14. The molecule has 1 fully saturated rings. The number of alkyl halides is 1. The third-order valence-electron chi connectivity index (χ3n) is 6.36. The van der Waals surface area contributed by atoms with Crippen LogP contribution in [0.4, 0.5) is 10.2 Å². The van der Waals surface area contributed by atoms with Crippen LogP contribution in [-0.4, -0.2) is 55.1 Å². The number of benzene rings is 2. The van der Waals surface area contributed by atoms with Gasteiger partial charge in [-0.25, -0.2) is 24.1 Å². The van der Waals surface area contributed by atoms with E-state index in [1.165, 1.54) is 17.8 Å². The van der Waals surface area contributed by atoms with E-state index >= 15 is 0 Å². The number of carbonyl (C=O) groups is 1. The van der Waals surface area contributed by atoms with Crippen LogP contribution in [0.1, 0.15) is 31.0 Å². The van der Waals surface area contributed by atoms with Gasteiger partial charge in [0.05, 0.1) is 19.0 Å². The molecule has 0 aliphatic carbocycles. The first-order valence-electron chi connectivity index (χ1n) is 11.3. The van der Waals surface area contributed by atoms with Gasteiger partial charge >= 0.3 is 5.97 Å². The highest BCUT2D eigenvalue weighted by Gasteiger charge is 2.41. The van der Waals surface area contributed by atoms with Crippen molar-refractivity contribution < 1.29 is 23.8 Å². The van der Waals surface area contributed by atoms with Gasteiger partial charge in [0.25, 0.3) is 0 Å². The number of ether oxygens (including phenoxy) is 2. The minimum Gasteiger partial charge on any atom is -0.479 e. The van der Waals surface area contributed by atoms with Gasteiger partial charge < -0.3 is 20.3 Å². The molecule has 182 valence electrons. The molecule has 4 unspecified atom stereocenters. The van der Waals surface area contributed by atoms with Gasteiger partial charge in [0.15, 0.2) is 23.3 Å². The number of hydrogen-bond donors (Lipinski definition) is 2. The summed E-state index contributed by atoms with van der Waals surface area (Å²) >= 11 is 0. The molecule has 0 saturated carbocycles.